The summed E-state index contributed by atoms with van der Waals surface area (Å²) >= 11 is 0. The van der Waals surface area contributed by atoms with Crippen LogP contribution in [0.25, 0.3) is 0 Å². The Morgan fingerprint density at radius 1 is 1.39 bits per heavy atom. The third-order valence-electron chi connectivity index (χ3n) is 3.02. The summed E-state index contributed by atoms with van der Waals surface area (Å²) < 4.78 is 13.4. The van der Waals surface area contributed by atoms with E-state index in [4.69, 9.17) is 0 Å². The van der Waals surface area contributed by atoms with Crippen molar-refractivity contribution in [3.8, 4) is 0 Å². The lowest BCUT2D eigenvalue weighted by Crippen LogP contribution is -2.31. The normalized spacial score (nSPS) is 13.7. The van der Waals surface area contributed by atoms with Gasteiger partial charge in [-0.2, -0.15) is 0 Å². The van der Waals surface area contributed by atoms with Gasteiger partial charge in [0.2, 0.25) is 0 Å². The van der Waals surface area contributed by atoms with Crippen molar-refractivity contribution in [2.75, 3.05) is 6.54 Å². The maximum atomic E-state index is 13.4. The molecule has 0 aliphatic rings. The number of halogens is 1. The topological polar surface area (TPSA) is 32.3 Å². The molecule has 0 fully saturated rings. The minimum absolute atomic E-state index is 0.0391. The Morgan fingerprint density at radius 3 is 2.61 bits per heavy atom. The third-order valence-corrected chi connectivity index (χ3v) is 3.02. The number of aliphatic hydroxyl groups excluding tert-OH is 1. The van der Waals surface area contributed by atoms with Crippen molar-refractivity contribution >= 4 is 0 Å². The van der Waals surface area contributed by atoms with Crippen molar-refractivity contribution in [3.63, 3.8) is 0 Å². The Kier molecular flexibility index (Phi) is 5.29. The minimum Gasteiger partial charge on any atom is -0.393 e. The summed E-state index contributed by atoms with van der Waals surface area (Å²) in [5.74, 6) is -0.155. The number of aliphatic hydroxyl groups is 1. The van der Waals surface area contributed by atoms with E-state index >= 15 is 0 Å². The fraction of sp³-hybridized carbons (Fsp3) is 0.600. The summed E-state index contributed by atoms with van der Waals surface area (Å²) in [5.41, 5.74) is 1.66. The molecule has 18 heavy (non-hydrogen) atoms. The molecule has 0 spiro atoms. The highest BCUT2D eigenvalue weighted by molar-refractivity contribution is 5.23. The van der Waals surface area contributed by atoms with E-state index in [0.717, 1.165) is 18.5 Å². The average molecular weight is 253 g/mol. The number of hydrogen-bond donors (Lipinski definition) is 2. The molecule has 2 nitrogen and oxygen atoms in total. The van der Waals surface area contributed by atoms with E-state index < -0.39 is 0 Å². The number of hydrogen-bond acceptors (Lipinski definition) is 2. The van der Waals surface area contributed by atoms with Gasteiger partial charge in [0.05, 0.1) is 6.10 Å². The van der Waals surface area contributed by atoms with Crippen LogP contribution in [0.3, 0.4) is 0 Å². The lowest BCUT2D eigenvalue weighted by molar-refractivity contribution is 0.128. The lowest BCUT2D eigenvalue weighted by Gasteiger charge is -2.26. The third kappa shape index (κ3) is 5.15. The number of aryl methyl sites for hydroxylation is 1. The van der Waals surface area contributed by atoms with E-state index in [2.05, 4.69) is 19.2 Å². The lowest BCUT2D eigenvalue weighted by atomic mass is 9.87. The largest absolute Gasteiger partial charge is 0.393 e. The van der Waals surface area contributed by atoms with Crippen molar-refractivity contribution in [1.29, 1.82) is 0 Å². The summed E-state index contributed by atoms with van der Waals surface area (Å²) in [6.07, 6.45) is 0.459. The van der Waals surface area contributed by atoms with Gasteiger partial charge in [0, 0.05) is 13.1 Å². The summed E-state index contributed by atoms with van der Waals surface area (Å²) in [6, 6.07) is 5.31. The van der Waals surface area contributed by atoms with E-state index in [1.54, 1.807) is 26.0 Å². The Balaban J connectivity index is 2.43. The smallest absolute Gasteiger partial charge is 0.126 e. The first kappa shape index (κ1) is 15.1. The van der Waals surface area contributed by atoms with Crippen LogP contribution in [0.1, 0.15) is 38.3 Å². The highest BCUT2D eigenvalue weighted by atomic mass is 19.1. The first-order valence-corrected chi connectivity index (χ1v) is 6.44. The molecular formula is C15H24FNO. The van der Waals surface area contributed by atoms with E-state index in [1.165, 1.54) is 0 Å². The van der Waals surface area contributed by atoms with Crippen molar-refractivity contribution in [2.45, 2.75) is 46.8 Å². The second-order valence-electron chi connectivity index (χ2n) is 5.90. The molecule has 0 amide bonds. The van der Waals surface area contributed by atoms with Gasteiger partial charge in [-0.05, 0) is 42.9 Å². The van der Waals surface area contributed by atoms with E-state index in [-0.39, 0.29) is 17.3 Å². The molecule has 1 rings (SSSR count). The molecule has 0 heterocycles. The van der Waals surface area contributed by atoms with Gasteiger partial charge in [-0.15, -0.1) is 0 Å². The fourth-order valence-electron chi connectivity index (χ4n) is 2.16. The molecule has 0 saturated heterocycles. The van der Waals surface area contributed by atoms with Crippen LogP contribution in [0.2, 0.25) is 0 Å². The Hall–Kier alpha value is -0.930. The highest BCUT2D eigenvalue weighted by Crippen LogP contribution is 2.21. The van der Waals surface area contributed by atoms with Crippen molar-refractivity contribution in [3.05, 3.63) is 35.1 Å². The highest BCUT2D eigenvalue weighted by Gasteiger charge is 2.19. The number of nitrogens with one attached hydrogen (secondary N) is 1. The first-order valence-electron chi connectivity index (χ1n) is 6.44. The molecule has 0 aliphatic heterocycles. The minimum atomic E-state index is -0.293. The molecule has 1 aromatic carbocycles. The molecule has 3 heteroatoms. The van der Waals surface area contributed by atoms with E-state index in [1.807, 2.05) is 6.07 Å². The van der Waals surface area contributed by atoms with Gasteiger partial charge in [0.25, 0.3) is 0 Å². The molecule has 0 saturated carbocycles. The molecule has 1 unspecified atom stereocenters. The number of benzene rings is 1. The van der Waals surface area contributed by atoms with Crippen LogP contribution in [-0.4, -0.2) is 17.8 Å². The van der Waals surface area contributed by atoms with Gasteiger partial charge in [-0.1, -0.05) is 26.0 Å². The number of rotatable bonds is 6. The molecule has 0 bridgehead atoms. The zero-order valence-corrected chi connectivity index (χ0v) is 11.8. The zero-order chi connectivity index (χ0) is 13.8. The summed E-state index contributed by atoms with van der Waals surface area (Å²) in [7, 11) is 0. The average Bonchev–Trinajstić information content (AvgIpc) is 2.21. The quantitative estimate of drug-likeness (QED) is 0.817. The molecule has 2 N–H and O–H groups in total. The van der Waals surface area contributed by atoms with Gasteiger partial charge in [0.15, 0.2) is 0 Å². The summed E-state index contributed by atoms with van der Waals surface area (Å²) in [5, 5.41) is 12.7. The second kappa shape index (κ2) is 6.30. The van der Waals surface area contributed by atoms with E-state index in [9.17, 15) is 9.50 Å². The molecule has 0 radical (unpaired) electrons. The van der Waals surface area contributed by atoms with Crippen molar-refractivity contribution in [2.24, 2.45) is 5.41 Å². The fourth-order valence-corrected chi connectivity index (χ4v) is 2.16. The van der Waals surface area contributed by atoms with Crippen LogP contribution in [0.5, 0.6) is 0 Å². The predicted molar refractivity (Wildman–Crippen MR) is 72.9 cm³/mol. The van der Waals surface area contributed by atoms with Gasteiger partial charge in [-0.3, -0.25) is 0 Å². The van der Waals surface area contributed by atoms with Gasteiger partial charge < -0.3 is 10.4 Å². The molecule has 102 valence electrons. The van der Waals surface area contributed by atoms with Crippen LogP contribution in [0.15, 0.2) is 18.2 Å². The molecule has 0 aliphatic carbocycles. The van der Waals surface area contributed by atoms with Crippen LogP contribution in [0.4, 0.5) is 4.39 Å². The SMILES string of the molecule is Cc1ccc(CNCC(C)(C)CC(C)O)cc1F. The van der Waals surface area contributed by atoms with Crippen molar-refractivity contribution < 1.29 is 9.50 Å². The summed E-state index contributed by atoms with van der Waals surface area (Å²) in [6.45, 7) is 9.24. The second-order valence-corrected chi connectivity index (χ2v) is 5.90. The zero-order valence-electron chi connectivity index (χ0n) is 11.8. The maximum Gasteiger partial charge on any atom is 0.126 e. The predicted octanol–water partition coefficient (Wildman–Crippen LogP) is 3.02. The van der Waals surface area contributed by atoms with Crippen LogP contribution in [0, 0.1) is 18.2 Å². The maximum absolute atomic E-state index is 13.4. The Labute approximate surface area is 109 Å². The van der Waals surface area contributed by atoms with Gasteiger partial charge in [0.1, 0.15) is 5.82 Å². The first-order chi connectivity index (χ1) is 8.30. The summed E-state index contributed by atoms with van der Waals surface area (Å²) in [4.78, 5) is 0. The van der Waals surface area contributed by atoms with Crippen molar-refractivity contribution in [1.82, 2.24) is 5.32 Å². The van der Waals surface area contributed by atoms with Crippen LogP contribution >= 0.6 is 0 Å². The Morgan fingerprint density at radius 2 is 2.06 bits per heavy atom. The Bertz CT molecular complexity index is 388. The molecule has 1 aromatic rings. The monoisotopic (exact) mass is 253 g/mol. The van der Waals surface area contributed by atoms with Gasteiger partial charge >= 0.3 is 0 Å². The molecular weight excluding hydrogens is 229 g/mol. The van der Waals surface area contributed by atoms with Crippen LogP contribution in [-0.2, 0) is 6.54 Å². The molecule has 0 aromatic heterocycles. The van der Waals surface area contributed by atoms with E-state index in [0.29, 0.717) is 12.1 Å². The van der Waals surface area contributed by atoms with Gasteiger partial charge in [-0.25, -0.2) is 4.39 Å². The standard InChI is InChI=1S/C15H24FNO/c1-11-5-6-13(7-14(11)16)9-17-10-15(3,4)8-12(2)18/h5-7,12,17-18H,8-10H2,1-4H3. The molecule has 1 atom stereocenters. The van der Waals surface area contributed by atoms with Crippen LogP contribution < -0.4 is 5.32 Å².